The summed E-state index contributed by atoms with van der Waals surface area (Å²) in [4.78, 5) is 0. The monoisotopic (exact) mass is 285 g/mol. The van der Waals surface area contributed by atoms with E-state index in [1.165, 1.54) is 16.3 Å². The molecule has 112 valence electrons. The maximum Gasteiger partial charge on any atom is 0.119 e. The molecule has 0 aliphatic carbocycles. The van der Waals surface area contributed by atoms with E-state index >= 15 is 0 Å². The van der Waals surface area contributed by atoms with Crippen LogP contribution >= 0.6 is 0 Å². The Kier molecular flexibility index (Phi) is 3.87. The number of fused-ring (bicyclic) bond motifs is 1. The molecule has 0 saturated carbocycles. The van der Waals surface area contributed by atoms with Crippen molar-refractivity contribution in [1.82, 2.24) is 5.32 Å². The van der Waals surface area contributed by atoms with Crippen molar-refractivity contribution < 1.29 is 9.47 Å². The molecule has 0 spiro atoms. The molecule has 1 aliphatic rings. The molecular weight excluding hydrogens is 262 g/mol. The van der Waals surface area contributed by atoms with E-state index in [4.69, 9.17) is 9.47 Å². The van der Waals surface area contributed by atoms with Gasteiger partial charge >= 0.3 is 0 Å². The minimum Gasteiger partial charge on any atom is -0.497 e. The molecule has 1 aliphatic heterocycles. The van der Waals surface area contributed by atoms with Gasteiger partial charge in [-0.2, -0.15) is 0 Å². The first-order chi connectivity index (χ1) is 10.1. The molecule has 3 heteroatoms. The van der Waals surface area contributed by atoms with E-state index in [9.17, 15) is 0 Å². The number of benzene rings is 2. The number of hydrogen-bond acceptors (Lipinski definition) is 3. The Bertz CT molecular complexity index is 640. The second-order valence-corrected chi connectivity index (χ2v) is 6.08. The van der Waals surface area contributed by atoms with E-state index in [1.807, 2.05) is 6.07 Å². The number of methoxy groups -OCH3 is 1. The third-order valence-electron chi connectivity index (χ3n) is 4.69. The Morgan fingerprint density at radius 1 is 1.24 bits per heavy atom. The largest absolute Gasteiger partial charge is 0.497 e. The van der Waals surface area contributed by atoms with Crippen LogP contribution in [-0.2, 0) is 11.3 Å². The zero-order chi connectivity index (χ0) is 14.9. The summed E-state index contributed by atoms with van der Waals surface area (Å²) < 4.78 is 10.9. The Morgan fingerprint density at radius 2 is 2.00 bits per heavy atom. The van der Waals surface area contributed by atoms with Crippen molar-refractivity contribution in [3.8, 4) is 5.75 Å². The Labute approximate surface area is 126 Å². The average molecular weight is 285 g/mol. The van der Waals surface area contributed by atoms with Crippen LogP contribution in [0.1, 0.15) is 25.8 Å². The zero-order valence-electron chi connectivity index (χ0n) is 13.0. The standard InChI is InChI=1S/C18H23NO2/c1-13-18(2,8-9-21-13)19-12-14-4-5-16-11-17(20-3)7-6-15(16)10-14/h4-7,10-11,13,19H,8-9,12H2,1-3H3. The lowest BCUT2D eigenvalue weighted by Crippen LogP contribution is -2.47. The molecule has 3 rings (SSSR count). The average Bonchev–Trinajstić information content (AvgIpc) is 2.84. The van der Waals surface area contributed by atoms with Gasteiger partial charge in [-0.25, -0.2) is 0 Å². The quantitative estimate of drug-likeness (QED) is 0.932. The van der Waals surface area contributed by atoms with Crippen LogP contribution in [0.15, 0.2) is 36.4 Å². The number of hydrogen-bond donors (Lipinski definition) is 1. The summed E-state index contributed by atoms with van der Waals surface area (Å²) in [5.74, 6) is 0.901. The molecule has 1 fully saturated rings. The van der Waals surface area contributed by atoms with Gasteiger partial charge in [-0.15, -0.1) is 0 Å². The van der Waals surface area contributed by atoms with Crippen LogP contribution in [0, 0.1) is 0 Å². The van der Waals surface area contributed by atoms with Crippen molar-refractivity contribution in [2.24, 2.45) is 0 Å². The Hall–Kier alpha value is -1.58. The minimum absolute atomic E-state index is 0.0782. The van der Waals surface area contributed by atoms with E-state index in [-0.39, 0.29) is 11.6 Å². The van der Waals surface area contributed by atoms with E-state index in [0.29, 0.717) is 0 Å². The van der Waals surface area contributed by atoms with Gasteiger partial charge in [-0.3, -0.25) is 0 Å². The molecule has 0 aromatic heterocycles. The van der Waals surface area contributed by atoms with Gasteiger partial charge in [0.2, 0.25) is 0 Å². The number of nitrogens with one attached hydrogen (secondary N) is 1. The topological polar surface area (TPSA) is 30.5 Å². The van der Waals surface area contributed by atoms with Crippen LogP contribution in [-0.4, -0.2) is 25.4 Å². The third-order valence-corrected chi connectivity index (χ3v) is 4.69. The van der Waals surface area contributed by atoms with Crippen molar-refractivity contribution in [2.45, 2.75) is 38.5 Å². The molecule has 2 atom stereocenters. The van der Waals surface area contributed by atoms with Crippen molar-refractivity contribution in [2.75, 3.05) is 13.7 Å². The first-order valence-electron chi connectivity index (χ1n) is 7.54. The second-order valence-electron chi connectivity index (χ2n) is 6.08. The van der Waals surface area contributed by atoms with Crippen molar-refractivity contribution in [1.29, 1.82) is 0 Å². The molecule has 2 aromatic carbocycles. The zero-order valence-corrected chi connectivity index (χ0v) is 13.0. The SMILES string of the molecule is COc1ccc2cc(CNC3(C)CCOC3C)ccc2c1. The summed E-state index contributed by atoms with van der Waals surface area (Å²) >= 11 is 0. The van der Waals surface area contributed by atoms with Gasteiger partial charge in [0.15, 0.2) is 0 Å². The summed E-state index contributed by atoms with van der Waals surface area (Å²) in [5, 5.41) is 6.12. The highest BCUT2D eigenvalue weighted by molar-refractivity contribution is 5.84. The molecule has 2 aromatic rings. The van der Waals surface area contributed by atoms with Crippen LogP contribution in [0.5, 0.6) is 5.75 Å². The highest BCUT2D eigenvalue weighted by Crippen LogP contribution is 2.26. The summed E-state index contributed by atoms with van der Waals surface area (Å²) in [5.41, 5.74) is 1.38. The van der Waals surface area contributed by atoms with E-state index < -0.39 is 0 Å². The first-order valence-corrected chi connectivity index (χ1v) is 7.54. The fourth-order valence-electron chi connectivity index (χ4n) is 2.88. The predicted molar refractivity (Wildman–Crippen MR) is 85.8 cm³/mol. The summed E-state index contributed by atoms with van der Waals surface area (Å²) in [6, 6.07) is 12.8. The van der Waals surface area contributed by atoms with Gasteiger partial charge < -0.3 is 14.8 Å². The normalized spacial score (nSPS) is 25.4. The Morgan fingerprint density at radius 3 is 2.71 bits per heavy atom. The van der Waals surface area contributed by atoms with Gasteiger partial charge in [0, 0.05) is 18.7 Å². The van der Waals surface area contributed by atoms with Crippen LogP contribution < -0.4 is 10.1 Å². The van der Waals surface area contributed by atoms with Crippen LogP contribution in [0.25, 0.3) is 10.8 Å². The van der Waals surface area contributed by atoms with Gasteiger partial charge in [-0.1, -0.05) is 18.2 Å². The van der Waals surface area contributed by atoms with Crippen molar-refractivity contribution >= 4 is 10.8 Å². The third kappa shape index (κ3) is 2.89. The van der Waals surface area contributed by atoms with E-state index in [1.54, 1.807) is 7.11 Å². The van der Waals surface area contributed by atoms with Crippen molar-refractivity contribution in [3.05, 3.63) is 42.0 Å². The van der Waals surface area contributed by atoms with Gasteiger partial charge in [0.25, 0.3) is 0 Å². The summed E-state index contributed by atoms with van der Waals surface area (Å²) in [6.45, 7) is 6.11. The molecule has 3 nitrogen and oxygen atoms in total. The van der Waals surface area contributed by atoms with Crippen molar-refractivity contribution in [3.63, 3.8) is 0 Å². The fourth-order valence-corrected chi connectivity index (χ4v) is 2.88. The lowest BCUT2D eigenvalue weighted by molar-refractivity contribution is 0.0881. The molecule has 1 heterocycles. The predicted octanol–water partition coefficient (Wildman–Crippen LogP) is 3.51. The molecule has 0 bridgehead atoms. The highest BCUT2D eigenvalue weighted by Gasteiger charge is 2.36. The van der Waals surface area contributed by atoms with E-state index in [2.05, 4.69) is 49.5 Å². The van der Waals surface area contributed by atoms with Crippen LogP contribution in [0.2, 0.25) is 0 Å². The number of rotatable bonds is 4. The summed E-state index contributed by atoms with van der Waals surface area (Å²) in [7, 11) is 1.70. The fraction of sp³-hybridized carbons (Fsp3) is 0.444. The lowest BCUT2D eigenvalue weighted by atomic mass is 9.94. The van der Waals surface area contributed by atoms with Crippen LogP contribution in [0.4, 0.5) is 0 Å². The Balaban J connectivity index is 1.75. The number of ether oxygens (including phenoxy) is 2. The molecule has 1 N–H and O–H groups in total. The van der Waals surface area contributed by atoms with E-state index in [0.717, 1.165) is 25.3 Å². The minimum atomic E-state index is 0.0782. The van der Waals surface area contributed by atoms with Gasteiger partial charge in [-0.05, 0) is 54.8 Å². The van der Waals surface area contributed by atoms with Gasteiger partial charge in [0.1, 0.15) is 5.75 Å². The maximum absolute atomic E-state index is 5.68. The molecule has 0 amide bonds. The second kappa shape index (κ2) is 5.66. The molecule has 0 radical (unpaired) electrons. The highest BCUT2D eigenvalue weighted by atomic mass is 16.5. The molecule has 1 saturated heterocycles. The molecule has 21 heavy (non-hydrogen) atoms. The molecular formula is C18H23NO2. The molecule has 2 unspecified atom stereocenters. The first kappa shape index (κ1) is 14.4. The maximum atomic E-state index is 5.68. The summed E-state index contributed by atoms with van der Waals surface area (Å²) in [6.07, 6.45) is 1.33. The smallest absolute Gasteiger partial charge is 0.119 e. The van der Waals surface area contributed by atoms with Gasteiger partial charge in [0.05, 0.1) is 13.2 Å². The lowest BCUT2D eigenvalue weighted by Gasteiger charge is -2.29. The van der Waals surface area contributed by atoms with Crippen LogP contribution in [0.3, 0.4) is 0 Å².